The Morgan fingerprint density at radius 2 is 2.31 bits per heavy atom. The molecule has 2 rings (SSSR count). The van der Waals surface area contributed by atoms with Crippen molar-refractivity contribution in [3.05, 3.63) is 22.4 Å². The molecule has 3 nitrogen and oxygen atoms in total. The number of hydrogen-bond donors (Lipinski definition) is 1. The number of thiophene rings is 1. The zero-order valence-corrected chi connectivity index (χ0v) is 10.6. The van der Waals surface area contributed by atoms with E-state index >= 15 is 0 Å². The molecule has 0 spiro atoms. The van der Waals surface area contributed by atoms with E-state index in [1.807, 2.05) is 0 Å². The van der Waals surface area contributed by atoms with E-state index in [0.717, 1.165) is 39.4 Å². The summed E-state index contributed by atoms with van der Waals surface area (Å²) in [5.74, 6) is 0. The highest BCUT2D eigenvalue weighted by Crippen LogP contribution is 2.06. The number of rotatable bonds is 5. The van der Waals surface area contributed by atoms with Crippen LogP contribution in [0.15, 0.2) is 16.8 Å². The molecular formula is C12H20N2OS. The highest BCUT2D eigenvalue weighted by molar-refractivity contribution is 7.07. The summed E-state index contributed by atoms with van der Waals surface area (Å²) in [7, 11) is 0. The third-order valence-corrected chi connectivity index (χ3v) is 3.60. The van der Waals surface area contributed by atoms with Gasteiger partial charge in [-0.15, -0.1) is 0 Å². The molecule has 1 unspecified atom stereocenters. The summed E-state index contributed by atoms with van der Waals surface area (Å²) in [6.45, 7) is 8.27. The second-order valence-corrected chi connectivity index (χ2v) is 5.11. The van der Waals surface area contributed by atoms with Gasteiger partial charge in [-0.2, -0.15) is 11.3 Å². The largest absolute Gasteiger partial charge is 0.379 e. The van der Waals surface area contributed by atoms with Gasteiger partial charge < -0.3 is 10.1 Å². The standard InChI is InChI=1S/C12H20N2OS/c1-11(9-14-3-5-15-6-4-14)13-8-12-2-7-16-10-12/h2,7,10-11,13H,3-6,8-9H2,1H3. The van der Waals surface area contributed by atoms with Gasteiger partial charge in [0.05, 0.1) is 13.2 Å². The first-order chi connectivity index (χ1) is 7.84. The van der Waals surface area contributed by atoms with Gasteiger partial charge in [0.25, 0.3) is 0 Å². The van der Waals surface area contributed by atoms with Crippen molar-refractivity contribution >= 4 is 11.3 Å². The lowest BCUT2D eigenvalue weighted by atomic mass is 10.2. The summed E-state index contributed by atoms with van der Waals surface area (Å²) in [5.41, 5.74) is 1.39. The maximum Gasteiger partial charge on any atom is 0.0594 e. The van der Waals surface area contributed by atoms with Crippen LogP contribution in [0.4, 0.5) is 0 Å². The average molecular weight is 240 g/mol. The Hall–Kier alpha value is -0.420. The van der Waals surface area contributed by atoms with Gasteiger partial charge in [0.1, 0.15) is 0 Å². The molecule has 1 atom stereocenters. The lowest BCUT2D eigenvalue weighted by molar-refractivity contribution is 0.0343. The average Bonchev–Trinajstić information content (AvgIpc) is 2.81. The fraction of sp³-hybridized carbons (Fsp3) is 0.667. The molecule has 0 aliphatic carbocycles. The number of morpholine rings is 1. The Kier molecular flexibility index (Phi) is 4.78. The Labute approximate surface area is 101 Å². The van der Waals surface area contributed by atoms with E-state index in [4.69, 9.17) is 4.74 Å². The normalized spacial score (nSPS) is 19.8. The van der Waals surface area contributed by atoms with E-state index in [1.165, 1.54) is 5.56 Å². The first-order valence-corrected chi connectivity index (χ1v) is 6.83. The van der Waals surface area contributed by atoms with E-state index in [1.54, 1.807) is 11.3 Å². The van der Waals surface area contributed by atoms with Crippen LogP contribution in [0.3, 0.4) is 0 Å². The van der Waals surface area contributed by atoms with Gasteiger partial charge in [0.2, 0.25) is 0 Å². The number of nitrogens with one attached hydrogen (secondary N) is 1. The van der Waals surface area contributed by atoms with Gasteiger partial charge in [-0.1, -0.05) is 0 Å². The summed E-state index contributed by atoms with van der Waals surface area (Å²) < 4.78 is 5.34. The predicted octanol–water partition coefficient (Wildman–Crippen LogP) is 1.56. The lowest BCUT2D eigenvalue weighted by Crippen LogP contribution is -2.44. The first-order valence-electron chi connectivity index (χ1n) is 5.89. The molecule has 16 heavy (non-hydrogen) atoms. The highest BCUT2D eigenvalue weighted by atomic mass is 32.1. The van der Waals surface area contributed by atoms with Crippen molar-refractivity contribution in [2.24, 2.45) is 0 Å². The minimum absolute atomic E-state index is 0.540. The minimum atomic E-state index is 0.540. The zero-order valence-electron chi connectivity index (χ0n) is 9.82. The van der Waals surface area contributed by atoms with Crippen molar-refractivity contribution in [1.29, 1.82) is 0 Å². The molecule has 0 aromatic carbocycles. The Balaban J connectivity index is 1.65. The maximum absolute atomic E-state index is 5.34. The van der Waals surface area contributed by atoms with Crippen LogP contribution in [-0.2, 0) is 11.3 Å². The Bertz CT molecular complexity index is 283. The molecule has 0 saturated carbocycles. The van der Waals surface area contributed by atoms with E-state index in [-0.39, 0.29) is 0 Å². The molecule has 1 aromatic rings. The van der Waals surface area contributed by atoms with Crippen molar-refractivity contribution in [1.82, 2.24) is 10.2 Å². The molecule has 1 saturated heterocycles. The molecule has 0 radical (unpaired) electrons. The van der Waals surface area contributed by atoms with Crippen molar-refractivity contribution in [2.45, 2.75) is 19.5 Å². The monoisotopic (exact) mass is 240 g/mol. The molecule has 0 amide bonds. The predicted molar refractivity (Wildman–Crippen MR) is 67.9 cm³/mol. The molecule has 1 aliphatic heterocycles. The third kappa shape index (κ3) is 3.87. The number of ether oxygens (including phenoxy) is 1. The van der Waals surface area contributed by atoms with Crippen LogP contribution in [0, 0.1) is 0 Å². The van der Waals surface area contributed by atoms with Gasteiger partial charge in [0.15, 0.2) is 0 Å². The van der Waals surface area contributed by atoms with E-state index in [9.17, 15) is 0 Å². The quantitative estimate of drug-likeness (QED) is 0.845. The maximum atomic E-state index is 5.34. The number of nitrogens with zero attached hydrogens (tertiary/aromatic N) is 1. The molecule has 1 N–H and O–H groups in total. The van der Waals surface area contributed by atoms with Crippen LogP contribution in [0.2, 0.25) is 0 Å². The summed E-state index contributed by atoms with van der Waals surface area (Å²) in [6, 6.07) is 2.72. The third-order valence-electron chi connectivity index (χ3n) is 2.87. The van der Waals surface area contributed by atoms with Crippen molar-refractivity contribution in [3.63, 3.8) is 0 Å². The second-order valence-electron chi connectivity index (χ2n) is 4.33. The molecule has 1 aliphatic rings. The highest BCUT2D eigenvalue weighted by Gasteiger charge is 2.13. The molecule has 4 heteroatoms. The van der Waals surface area contributed by atoms with Crippen LogP contribution in [0.25, 0.3) is 0 Å². The van der Waals surface area contributed by atoms with Crippen LogP contribution < -0.4 is 5.32 Å². The zero-order chi connectivity index (χ0) is 11.2. The summed E-state index contributed by atoms with van der Waals surface area (Å²) >= 11 is 1.76. The Morgan fingerprint density at radius 1 is 1.50 bits per heavy atom. The van der Waals surface area contributed by atoms with Crippen molar-refractivity contribution in [3.8, 4) is 0 Å². The van der Waals surface area contributed by atoms with Gasteiger partial charge >= 0.3 is 0 Å². The molecule has 1 fully saturated rings. The van der Waals surface area contributed by atoms with Gasteiger partial charge in [-0.25, -0.2) is 0 Å². The fourth-order valence-electron chi connectivity index (χ4n) is 1.92. The molecular weight excluding hydrogens is 220 g/mol. The van der Waals surface area contributed by atoms with E-state index in [0.29, 0.717) is 6.04 Å². The summed E-state index contributed by atoms with van der Waals surface area (Å²) in [5, 5.41) is 7.89. The molecule has 2 heterocycles. The topological polar surface area (TPSA) is 24.5 Å². The molecule has 90 valence electrons. The van der Waals surface area contributed by atoms with Crippen LogP contribution in [0.1, 0.15) is 12.5 Å². The minimum Gasteiger partial charge on any atom is -0.379 e. The molecule has 0 bridgehead atoms. The van der Waals surface area contributed by atoms with Crippen molar-refractivity contribution < 1.29 is 4.74 Å². The summed E-state index contributed by atoms with van der Waals surface area (Å²) in [6.07, 6.45) is 0. The van der Waals surface area contributed by atoms with Crippen LogP contribution >= 0.6 is 11.3 Å². The van der Waals surface area contributed by atoms with Gasteiger partial charge in [0, 0.05) is 32.2 Å². The second kappa shape index (κ2) is 6.35. The SMILES string of the molecule is CC(CN1CCOCC1)NCc1ccsc1. The van der Waals surface area contributed by atoms with E-state index < -0.39 is 0 Å². The van der Waals surface area contributed by atoms with Crippen LogP contribution in [-0.4, -0.2) is 43.8 Å². The Morgan fingerprint density at radius 3 is 3.00 bits per heavy atom. The smallest absolute Gasteiger partial charge is 0.0594 e. The van der Waals surface area contributed by atoms with Gasteiger partial charge in [-0.3, -0.25) is 4.90 Å². The number of hydrogen-bond acceptors (Lipinski definition) is 4. The summed E-state index contributed by atoms with van der Waals surface area (Å²) in [4.78, 5) is 2.47. The lowest BCUT2D eigenvalue weighted by Gasteiger charge is -2.29. The first kappa shape index (κ1) is 12.0. The van der Waals surface area contributed by atoms with E-state index in [2.05, 4.69) is 34.0 Å². The fourth-order valence-corrected chi connectivity index (χ4v) is 2.59. The van der Waals surface area contributed by atoms with Crippen molar-refractivity contribution in [2.75, 3.05) is 32.8 Å². The van der Waals surface area contributed by atoms with Gasteiger partial charge in [-0.05, 0) is 29.3 Å². The molecule has 1 aromatic heterocycles. The van der Waals surface area contributed by atoms with Crippen LogP contribution in [0.5, 0.6) is 0 Å².